The maximum Gasteiger partial charge on any atom is 0.340 e. The Hall–Kier alpha value is -4.52. The lowest BCUT2D eigenvalue weighted by Gasteiger charge is -2.15. The number of amides is 2. The molecule has 5 rings (SSSR count). The first-order valence-corrected chi connectivity index (χ1v) is 10.2. The minimum atomic E-state index is -0.653. The molecule has 0 unspecified atom stereocenters. The van der Waals surface area contributed by atoms with Crippen LogP contribution < -0.4 is 4.74 Å². The number of nitrogens with zero attached hydrogens (tertiary/aromatic N) is 2. The Kier molecular flexibility index (Phi) is 5.06. The Balaban J connectivity index is 1.44. The van der Waals surface area contributed by atoms with Gasteiger partial charge in [0.2, 0.25) is 0 Å². The van der Waals surface area contributed by atoms with Crippen LogP contribution in [0.4, 0.5) is 0 Å². The first kappa shape index (κ1) is 20.4. The number of hydrogen-bond donors (Lipinski definition) is 0. The zero-order chi connectivity index (χ0) is 22.9. The van der Waals surface area contributed by atoms with Crippen molar-refractivity contribution in [2.24, 2.45) is 0 Å². The van der Waals surface area contributed by atoms with Crippen molar-refractivity contribution in [3.05, 3.63) is 95.6 Å². The largest absolute Gasteiger partial charge is 0.497 e. The van der Waals surface area contributed by atoms with E-state index in [9.17, 15) is 14.4 Å². The van der Waals surface area contributed by atoms with E-state index in [-0.39, 0.29) is 0 Å². The van der Waals surface area contributed by atoms with E-state index in [0.29, 0.717) is 39.0 Å². The number of ether oxygens (including phenoxy) is 2. The maximum atomic E-state index is 13.1. The lowest BCUT2D eigenvalue weighted by atomic mass is 10.0. The Morgan fingerprint density at radius 1 is 0.879 bits per heavy atom. The van der Waals surface area contributed by atoms with Gasteiger partial charge in [-0.15, -0.1) is 0 Å². The average Bonchev–Trinajstić information content (AvgIpc) is 3.11. The van der Waals surface area contributed by atoms with Gasteiger partial charge in [0, 0.05) is 10.9 Å². The van der Waals surface area contributed by atoms with E-state index in [1.54, 1.807) is 49.6 Å². The summed E-state index contributed by atoms with van der Waals surface area (Å²) < 4.78 is 10.6. The Morgan fingerprint density at radius 2 is 1.52 bits per heavy atom. The lowest BCUT2D eigenvalue weighted by molar-refractivity contribution is 0.0229. The SMILES string of the molecule is COc1ccc(-c2cc(C(=O)OCN3C(=O)c4ccccc4C3=O)c3ccccc3n2)cc1. The number of esters is 1. The van der Waals surface area contributed by atoms with Crippen LogP contribution in [-0.2, 0) is 4.74 Å². The summed E-state index contributed by atoms with van der Waals surface area (Å²) in [5.74, 6) is -0.913. The molecular formula is C26H18N2O5. The lowest BCUT2D eigenvalue weighted by Crippen LogP contribution is -2.33. The summed E-state index contributed by atoms with van der Waals surface area (Å²) in [6, 6.07) is 22.7. The minimum Gasteiger partial charge on any atom is -0.497 e. The number of pyridine rings is 1. The third kappa shape index (κ3) is 3.59. The summed E-state index contributed by atoms with van der Waals surface area (Å²) >= 11 is 0. The summed E-state index contributed by atoms with van der Waals surface area (Å²) in [6.45, 7) is -0.473. The molecule has 7 heteroatoms. The Labute approximate surface area is 189 Å². The van der Waals surface area contributed by atoms with Crippen molar-refractivity contribution in [1.82, 2.24) is 9.88 Å². The predicted octanol–water partition coefficient (Wildman–Crippen LogP) is 4.32. The van der Waals surface area contributed by atoms with Crippen LogP contribution in [0.3, 0.4) is 0 Å². The van der Waals surface area contributed by atoms with E-state index in [1.165, 1.54) is 0 Å². The Morgan fingerprint density at radius 3 is 2.18 bits per heavy atom. The van der Waals surface area contributed by atoms with Crippen LogP contribution in [0.1, 0.15) is 31.1 Å². The fraction of sp³-hybridized carbons (Fsp3) is 0.0769. The molecule has 7 nitrogen and oxygen atoms in total. The third-order valence-corrected chi connectivity index (χ3v) is 5.52. The van der Waals surface area contributed by atoms with Gasteiger partial charge < -0.3 is 9.47 Å². The molecule has 2 amide bonds. The highest BCUT2D eigenvalue weighted by Gasteiger charge is 2.36. The van der Waals surface area contributed by atoms with Crippen LogP contribution in [0.15, 0.2) is 78.9 Å². The van der Waals surface area contributed by atoms with Gasteiger partial charge in [-0.3, -0.25) is 9.59 Å². The molecular weight excluding hydrogens is 420 g/mol. The van der Waals surface area contributed by atoms with Crippen LogP contribution in [0, 0.1) is 0 Å². The van der Waals surface area contributed by atoms with Gasteiger partial charge in [0.25, 0.3) is 11.8 Å². The smallest absolute Gasteiger partial charge is 0.340 e. The van der Waals surface area contributed by atoms with E-state index >= 15 is 0 Å². The molecule has 162 valence electrons. The van der Waals surface area contributed by atoms with Crippen LogP contribution in [-0.4, -0.2) is 41.5 Å². The van der Waals surface area contributed by atoms with Gasteiger partial charge in [-0.1, -0.05) is 30.3 Å². The number of methoxy groups -OCH3 is 1. The molecule has 3 aromatic carbocycles. The number of fused-ring (bicyclic) bond motifs is 2. The van der Waals surface area contributed by atoms with Gasteiger partial charge in [-0.25, -0.2) is 14.7 Å². The van der Waals surface area contributed by atoms with Gasteiger partial charge in [-0.05, 0) is 48.5 Å². The molecule has 0 bridgehead atoms. The highest BCUT2D eigenvalue weighted by atomic mass is 16.5. The number of para-hydroxylation sites is 1. The van der Waals surface area contributed by atoms with Crippen molar-refractivity contribution in [1.29, 1.82) is 0 Å². The molecule has 0 radical (unpaired) electrons. The summed E-state index contributed by atoms with van der Waals surface area (Å²) in [5, 5.41) is 0.613. The van der Waals surface area contributed by atoms with Gasteiger partial charge in [0.1, 0.15) is 5.75 Å². The zero-order valence-electron chi connectivity index (χ0n) is 17.6. The molecule has 0 aliphatic carbocycles. The van der Waals surface area contributed by atoms with Crippen LogP contribution >= 0.6 is 0 Å². The normalized spacial score (nSPS) is 12.7. The number of hydrogen-bond acceptors (Lipinski definition) is 6. The molecule has 0 N–H and O–H groups in total. The second-order valence-corrected chi connectivity index (χ2v) is 7.45. The summed E-state index contributed by atoms with van der Waals surface area (Å²) in [4.78, 5) is 43.8. The monoisotopic (exact) mass is 438 g/mol. The maximum absolute atomic E-state index is 13.1. The van der Waals surface area contributed by atoms with E-state index in [2.05, 4.69) is 4.98 Å². The van der Waals surface area contributed by atoms with E-state index in [1.807, 2.05) is 36.4 Å². The highest BCUT2D eigenvalue weighted by molar-refractivity contribution is 6.21. The topological polar surface area (TPSA) is 85.8 Å². The second-order valence-electron chi connectivity index (χ2n) is 7.45. The predicted molar refractivity (Wildman–Crippen MR) is 121 cm³/mol. The number of imide groups is 1. The van der Waals surface area contributed by atoms with Crippen molar-refractivity contribution in [3.8, 4) is 17.0 Å². The molecule has 2 heterocycles. The molecule has 0 saturated heterocycles. The van der Waals surface area contributed by atoms with Gasteiger partial charge in [0.15, 0.2) is 6.73 Å². The van der Waals surface area contributed by atoms with E-state index in [4.69, 9.17) is 9.47 Å². The minimum absolute atomic E-state index is 0.294. The third-order valence-electron chi connectivity index (χ3n) is 5.52. The fourth-order valence-corrected chi connectivity index (χ4v) is 3.81. The van der Waals surface area contributed by atoms with E-state index in [0.717, 1.165) is 10.5 Å². The molecule has 1 aliphatic rings. The number of rotatable bonds is 5. The highest BCUT2D eigenvalue weighted by Crippen LogP contribution is 2.27. The van der Waals surface area contributed by atoms with Gasteiger partial charge in [0.05, 0.1) is 35.0 Å². The van der Waals surface area contributed by atoms with Crippen molar-refractivity contribution in [3.63, 3.8) is 0 Å². The summed E-state index contributed by atoms with van der Waals surface area (Å²) in [6.07, 6.45) is 0. The van der Waals surface area contributed by atoms with Gasteiger partial charge >= 0.3 is 5.97 Å². The number of carbonyl (C=O) groups is 3. The molecule has 0 atom stereocenters. The fourth-order valence-electron chi connectivity index (χ4n) is 3.81. The van der Waals surface area contributed by atoms with Crippen LogP contribution in [0.25, 0.3) is 22.2 Å². The molecule has 0 spiro atoms. The molecule has 1 aromatic heterocycles. The average molecular weight is 438 g/mol. The van der Waals surface area contributed by atoms with Crippen LogP contribution in [0.5, 0.6) is 5.75 Å². The van der Waals surface area contributed by atoms with Crippen LogP contribution in [0.2, 0.25) is 0 Å². The van der Waals surface area contributed by atoms with Crippen molar-refractivity contribution < 1.29 is 23.9 Å². The summed E-state index contributed by atoms with van der Waals surface area (Å²) in [7, 11) is 1.59. The van der Waals surface area contributed by atoms with Crippen molar-refractivity contribution in [2.75, 3.05) is 13.8 Å². The number of aromatic nitrogens is 1. The van der Waals surface area contributed by atoms with Gasteiger partial charge in [-0.2, -0.15) is 0 Å². The molecule has 1 aliphatic heterocycles. The quantitative estimate of drug-likeness (QED) is 0.341. The van der Waals surface area contributed by atoms with Crippen molar-refractivity contribution in [2.45, 2.75) is 0 Å². The number of benzene rings is 3. The standard InChI is InChI=1S/C26H18N2O5/c1-32-17-12-10-16(11-13-17)23-14-21(18-6-4-5-9-22(18)27-23)26(31)33-15-28-24(29)19-7-2-3-8-20(19)25(28)30/h2-14H,15H2,1H3. The molecule has 0 fully saturated rings. The summed E-state index contributed by atoms with van der Waals surface area (Å²) in [5.41, 5.74) is 2.91. The first-order valence-electron chi connectivity index (χ1n) is 10.2. The number of carbonyl (C=O) groups excluding carboxylic acids is 3. The van der Waals surface area contributed by atoms with Crippen molar-refractivity contribution >= 4 is 28.7 Å². The molecule has 0 saturated carbocycles. The first-order chi connectivity index (χ1) is 16.1. The van der Waals surface area contributed by atoms with E-state index < -0.39 is 24.5 Å². The molecule has 4 aromatic rings. The molecule has 33 heavy (non-hydrogen) atoms. The Bertz CT molecular complexity index is 1380. The zero-order valence-corrected chi connectivity index (χ0v) is 17.6. The second kappa shape index (κ2) is 8.20.